The predicted octanol–water partition coefficient (Wildman–Crippen LogP) is 4.31. The van der Waals surface area contributed by atoms with Crippen LogP contribution in [0.4, 0.5) is 0 Å². The van der Waals surface area contributed by atoms with Gasteiger partial charge in [-0.1, -0.05) is 80.9 Å². The van der Waals surface area contributed by atoms with E-state index >= 15 is 0 Å². The molecule has 0 saturated carbocycles. The van der Waals surface area contributed by atoms with Crippen molar-refractivity contribution in [2.45, 2.75) is 32.3 Å². The molecule has 94 valence electrons. The first-order valence-electron chi connectivity index (χ1n) is 6.72. The van der Waals surface area contributed by atoms with E-state index in [9.17, 15) is 0 Å². The standard InChI is InChI=1S/C17H21P/c1-3-10-15(2)18(16-11-6-4-7-12-16)17-13-8-5-9-14-17/h4-9,11-15H,3,10H2,1-2H3. The van der Waals surface area contributed by atoms with E-state index in [1.54, 1.807) is 0 Å². The van der Waals surface area contributed by atoms with Crippen molar-refractivity contribution in [2.24, 2.45) is 0 Å². The Kier molecular flexibility index (Phi) is 4.96. The summed E-state index contributed by atoms with van der Waals surface area (Å²) >= 11 is 0. The second kappa shape index (κ2) is 6.71. The zero-order valence-electron chi connectivity index (χ0n) is 11.2. The Bertz CT molecular complexity index is 410. The predicted molar refractivity (Wildman–Crippen MR) is 83.4 cm³/mol. The molecule has 0 aromatic heterocycles. The Morgan fingerprint density at radius 2 is 1.28 bits per heavy atom. The van der Waals surface area contributed by atoms with Crippen LogP contribution in [0.25, 0.3) is 0 Å². The average molecular weight is 256 g/mol. The second-order valence-corrected chi connectivity index (χ2v) is 7.33. The minimum Gasteiger partial charge on any atom is -0.0654 e. The molecule has 2 rings (SSSR count). The van der Waals surface area contributed by atoms with Gasteiger partial charge < -0.3 is 0 Å². The van der Waals surface area contributed by atoms with Crippen LogP contribution in [-0.4, -0.2) is 5.66 Å². The molecule has 0 fully saturated rings. The molecule has 0 heterocycles. The number of benzene rings is 2. The summed E-state index contributed by atoms with van der Waals surface area (Å²) in [5.41, 5.74) is 0.745. The maximum Gasteiger partial charge on any atom is -0.0157 e. The molecule has 18 heavy (non-hydrogen) atoms. The number of hydrogen-bond donors (Lipinski definition) is 0. The lowest BCUT2D eigenvalue weighted by molar-refractivity contribution is 0.782. The van der Waals surface area contributed by atoms with E-state index in [0.717, 1.165) is 5.66 Å². The fraction of sp³-hybridized carbons (Fsp3) is 0.294. The number of rotatable bonds is 5. The molecule has 0 aliphatic carbocycles. The highest BCUT2D eigenvalue weighted by atomic mass is 31.1. The minimum absolute atomic E-state index is 0.218. The second-order valence-electron chi connectivity index (χ2n) is 4.68. The van der Waals surface area contributed by atoms with Crippen molar-refractivity contribution in [3.05, 3.63) is 60.7 Å². The zero-order valence-corrected chi connectivity index (χ0v) is 12.1. The fourth-order valence-corrected chi connectivity index (χ4v) is 5.20. The Morgan fingerprint density at radius 3 is 1.67 bits per heavy atom. The smallest absolute Gasteiger partial charge is 0.0157 e. The normalized spacial score (nSPS) is 12.6. The van der Waals surface area contributed by atoms with Gasteiger partial charge in [-0.25, -0.2) is 0 Å². The van der Waals surface area contributed by atoms with Gasteiger partial charge in [0.2, 0.25) is 0 Å². The van der Waals surface area contributed by atoms with Crippen LogP contribution in [-0.2, 0) is 0 Å². The third-order valence-electron chi connectivity index (χ3n) is 3.22. The third-order valence-corrected chi connectivity index (χ3v) is 6.06. The van der Waals surface area contributed by atoms with E-state index in [1.807, 2.05) is 0 Å². The monoisotopic (exact) mass is 256 g/mol. The molecular weight excluding hydrogens is 235 g/mol. The summed E-state index contributed by atoms with van der Waals surface area (Å²) in [5.74, 6) is 0. The van der Waals surface area contributed by atoms with Crippen LogP contribution in [0, 0.1) is 0 Å². The molecular formula is C17H21P. The summed E-state index contributed by atoms with van der Waals surface area (Å²) in [6.45, 7) is 4.68. The Morgan fingerprint density at radius 1 is 0.833 bits per heavy atom. The lowest BCUT2D eigenvalue weighted by Gasteiger charge is -2.25. The maximum absolute atomic E-state index is 2.40. The van der Waals surface area contributed by atoms with E-state index in [2.05, 4.69) is 74.5 Å². The first-order chi connectivity index (χ1) is 8.83. The molecule has 1 heteroatoms. The zero-order chi connectivity index (χ0) is 12.8. The average Bonchev–Trinajstić information content (AvgIpc) is 2.42. The van der Waals surface area contributed by atoms with Crippen LogP contribution in [0.3, 0.4) is 0 Å². The largest absolute Gasteiger partial charge is 0.0654 e. The summed E-state index contributed by atoms with van der Waals surface area (Å²) in [4.78, 5) is 0. The van der Waals surface area contributed by atoms with Crippen LogP contribution < -0.4 is 10.6 Å². The molecule has 1 unspecified atom stereocenters. The molecule has 0 bridgehead atoms. The summed E-state index contributed by atoms with van der Waals surface area (Å²) < 4.78 is 0. The number of hydrogen-bond acceptors (Lipinski definition) is 0. The van der Waals surface area contributed by atoms with Gasteiger partial charge in [0.1, 0.15) is 0 Å². The van der Waals surface area contributed by atoms with Crippen molar-refractivity contribution >= 4 is 18.5 Å². The molecule has 2 aromatic rings. The van der Waals surface area contributed by atoms with Gasteiger partial charge in [0, 0.05) is 0 Å². The van der Waals surface area contributed by atoms with Crippen molar-refractivity contribution in [1.29, 1.82) is 0 Å². The quantitative estimate of drug-likeness (QED) is 0.699. The van der Waals surface area contributed by atoms with Gasteiger partial charge in [0.25, 0.3) is 0 Å². The lowest BCUT2D eigenvalue weighted by Crippen LogP contribution is -2.19. The van der Waals surface area contributed by atoms with Crippen LogP contribution >= 0.6 is 7.92 Å². The fourth-order valence-electron chi connectivity index (χ4n) is 2.38. The van der Waals surface area contributed by atoms with Gasteiger partial charge in [0.05, 0.1) is 0 Å². The van der Waals surface area contributed by atoms with Gasteiger partial charge in [-0.2, -0.15) is 0 Å². The van der Waals surface area contributed by atoms with E-state index in [0.29, 0.717) is 0 Å². The van der Waals surface area contributed by atoms with E-state index in [1.165, 1.54) is 23.5 Å². The molecule has 0 N–H and O–H groups in total. The van der Waals surface area contributed by atoms with Crippen molar-refractivity contribution < 1.29 is 0 Å². The Labute approximate surface area is 112 Å². The Balaban J connectivity index is 2.35. The summed E-state index contributed by atoms with van der Waals surface area (Å²) in [7, 11) is -0.218. The SMILES string of the molecule is CCCC(C)P(c1ccccc1)c1ccccc1. The highest BCUT2D eigenvalue weighted by molar-refractivity contribution is 7.73. The molecule has 0 aliphatic heterocycles. The van der Waals surface area contributed by atoms with Crippen molar-refractivity contribution in [3.63, 3.8) is 0 Å². The minimum atomic E-state index is -0.218. The van der Waals surface area contributed by atoms with E-state index in [4.69, 9.17) is 0 Å². The van der Waals surface area contributed by atoms with Gasteiger partial charge >= 0.3 is 0 Å². The highest BCUT2D eigenvalue weighted by Crippen LogP contribution is 2.41. The molecule has 0 amide bonds. The van der Waals surface area contributed by atoms with Gasteiger partial charge in [-0.15, -0.1) is 0 Å². The van der Waals surface area contributed by atoms with Gasteiger partial charge in [0.15, 0.2) is 0 Å². The van der Waals surface area contributed by atoms with Crippen LogP contribution in [0.1, 0.15) is 26.7 Å². The maximum atomic E-state index is 2.40. The van der Waals surface area contributed by atoms with Gasteiger partial charge in [-0.05, 0) is 30.6 Å². The summed E-state index contributed by atoms with van der Waals surface area (Å²) in [5, 5.41) is 3.00. The van der Waals surface area contributed by atoms with Gasteiger partial charge in [-0.3, -0.25) is 0 Å². The first kappa shape index (κ1) is 13.3. The summed E-state index contributed by atoms with van der Waals surface area (Å²) in [6, 6.07) is 22.0. The van der Waals surface area contributed by atoms with Crippen LogP contribution in [0.15, 0.2) is 60.7 Å². The van der Waals surface area contributed by atoms with Crippen molar-refractivity contribution in [1.82, 2.24) is 0 Å². The van der Waals surface area contributed by atoms with E-state index < -0.39 is 0 Å². The van der Waals surface area contributed by atoms with Crippen LogP contribution in [0.2, 0.25) is 0 Å². The van der Waals surface area contributed by atoms with E-state index in [-0.39, 0.29) is 7.92 Å². The summed E-state index contributed by atoms with van der Waals surface area (Å²) in [6.07, 6.45) is 2.56. The molecule has 0 spiro atoms. The molecule has 0 aliphatic rings. The molecule has 0 radical (unpaired) electrons. The van der Waals surface area contributed by atoms with Crippen molar-refractivity contribution in [3.8, 4) is 0 Å². The van der Waals surface area contributed by atoms with Crippen molar-refractivity contribution in [2.75, 3.05) is 0 Å². The first-order valence-corrected chi connectivity index (χ1v) is 8.13. The lowest BCUT2D eigenvalue weighted by atomic mass is 10.3. The van der Waals surface area contributed by atoms with Crippen LogP contribution in [0.5, 0.6) is 0 Å². The highest BCUT2D eigenvalue weighted by Gasteiger charge is 2.19. The topological polar surface area (TPSA) is 0 Å². The molecule has 2 aromatic carbocycles. The molecule has 0 saturated heterocycles. The molecule has 1 atom stereocenters. The third kappa shape index (κ3) is 3.21. The Hall–Kier alpha value is -1.13. The molecule has 0 nitrogen and oxygen atoms in total.